The van der Waals surface area contributed by atoms with E-state index in [0.717, 1.165) is 19.1 Å². The monoisotopic (exact) mass is 334 g/mol. The first kappa shape index (κ1) is 13.3. The average molecular weight is 334 g/mol. The number of ether oxygens (including phenoxy) is 1. The standard InChI is InChI=1S/C10H11IO.C2H4O2/c1-10(2)6-7-5-8(11)3-4-9(7)12-10;1-2(3)4/h3-5H,6H2,1-2H3;1H3,(H,3,4). The third-order valence-electron chi connectivity index (χ3n) is 2.02. The van der Waals surface area contributed by atoms with E-state index in [1.807, 2.05) is 0 Å². The Morgan fingerprint density at radius 3 is 2.62 bits per heavy atom. The van der Waals surface area contributed by atoms with Crippen LogP contribution in [0.25, 0.3) is 0 Å². The molecule has 1 heterocycles. The van der Waals surface area contributed by atoms with Gasteiger partial charge in [-0.25, -0.2) is 0 Å². The summed E-state index contributed by atoms with van der Waals surface area (Å²) in [4.78, 5) is 9.00. The topological polar surface area (TPSA) is 46.5 Å². The highest BCUT2D eigenvalue weighted by molar-refractivity contribution is 14.1. The zero-order chi connectivity index (χ0) is 12.3. The van der Waals surface area contributed by atoms with Crippen LogP contribution in [-0.2, 0) is 11.2 Å². The molecular formula is C12H15IO3. The molecule has 0 spiro atoms. The van der Waals surface area contributed by atoms with Crippen molar-refractivity contribution in [3.8, 4) is 5.75 Å². The molecule has 1 aromatic rings. The van der Waals surface area contributed by atoms with Gasteiger partial charge in [-0.05, 0) is 60.2 Å². The van der Waals surface area contributed by atoms with Crippen molar-refractivity contribution in [3.63, 3.8) is 0 Å². The molecule has 1 N–H and O–H groups in total. The zero-order valence-electron chi connectivity index (χ0n) is 9.58. The minimum atomic E-state index is -0.833. The van der Waals surface area contributed by atoms with E-state index in [0.29, 0.717) is 0 Å². The van der Waals surface area contributed by atoms with E-state index in [1.54, 1.807) is 0 Å². The molecule has 0 bridgehead atoms. The van der Waals surface area contributed by atoms with Crippen LogP contribution in [0.15, 0.2) is 18.2 Å². The smallest absolute Gasteiger partial charge is 0.300 e. The molecule has 0 aliphatic carbocycles. The normalized spacial score (nSPS) is 15.5. The molecule has 0 atom stereocenters. The Labute approximate surface area is 109 Å². The second-order valence-corrected chi connectivity index (χ2v) is 5.56. The number of fused-ring (bicyclic) bond motifs is 1. The van der Waals surface area contributed by atoms with Crippen molar-refractivity contribution in [3.05, 3.63) is 27.3 Å². The second kappa shape index (κ2) is 5.03. The molecular weight excluding hydrogens is 319 g/mol. The summed E-state index contributed by atoms with van der Waals surface area (Å²) in [7, 11) is 0. The van der Waals surface area contributed by atoms with Crippen LogP contribution in [0, 0.1) is 3.57 Å². The Morgan fingerprint density at radius 1 is 1.50 bits per heavy atom. The molecule has 2 rings (SSSR count). The highest BCUT2D eigenvalue weighted by atomic mass is 127. The highest BCUT2D eigenvalue weighted by Crippen LogP contribution is 2.35. The van der Waals surface area contributed by atoms with Gasteiger partial charge in [0.05, 0.1) is 0 Å². The summed E-state index contributed by atoms with van der Waals surface area (Å²) in [5, 5.41) is 7.42. The molecule has 0 fully saturated rings. The van der Waals surface area contributed by atoms with Crippen molar-refractivity contribution in [2.75, 3.05) is 0 Å². The number of hydrogen-bond donors (Lipinski definition) is 1. The molecule has 0 saturated carbocycles. The van der Waals surface area contributed by atoms with Crippen molar-refractivity contribution in [2.24, 2.45) is 0 Å². The first-order valence-corrected chi connectivity index (χ1v) is 6.05. The van der Waals surface area contributed by atoms with Gasteiger partial charge in [0.15, 0.2) is 0 Å². The first-order valence-electron chi connectivity index (χ1n) is 4.97. The predicted octanol–water partition coefficient (Wildman–Crippen LogP) is 3.10. The third kappa shape index (κ3) is 4.00. The number of carbonyl (C=O) groups is 1. The van der Waals surface area contributed by atoms with Crippen LogP contribution >= 0.6 is 22.6 Å². The van der Waals surface area contributed by atoms with Gasteiger partial charge in [-0.3, -0.25) is 4.79 Å². The lowest BCUT2D eigenvalue weighted by atomic mass is 10.0. The van der Waals surface area contributed by atoms with Gasteiger partial charge in [-0.15, -0.1) is 0 Å². The summed E-state index contributed by atoms with van der Waals surface area (Å²) in [5.41, 5.74) is 1.33. The molecule has 3 nitrogen and oxygen atoms in total. The van der Waals surface area contributed by atoms with Gasteiger partial charge in [-0.1, -0.05) is 0 Å². The molecule has 1 aromatic carbocycles. The summed E-state index contributed by atoms with van der Waals surface area (Å²) in [5.74, 6) is 0.223. The van der Waals surface area contributed by atoms with E-state index in [1.165, 1.54) is 9.13 Å². The van der Waals surface area contributed by atoms with Crippen LogP contribution in [0.1, 0.15) is 26.3 Å². The van der Waals surface area contributed by atoms with Crippen molar-refractivity contribution in [2.45, 2.75) is 32.8 Å². The fourth-order valence-electron chi connectivity index (χ4n) is 1.58. The van der Waals surface area contributed by atoms with Crippen LogP contribution in [-0.4, -0.2) is 16.7 Å². The van der Waals surface area contributed by atoms with E-state index in [9.17, 15) is 0 Å². The predicted molar refractivity (Wildman–Crippen MR) is 70.9 cm³/mol. The highest BCUT2D eigenvalue weighted by Gasteiger charge is 2.29. The van der Waals surface area contributed by atoms with Crippen LogP contribution < -0.4 is 4.74 Å². The minimum absolute atomic E-state index is 0.00718. The number of carboxylic acids is 1. The molecule has 0 amide bonds. The Morgan fingerprint density at radius 2 is 2.06 bits per heavy atom. The summed E-state index contributed by atoms with van der Waals surface area (Å²) in [6.45, 7) is 5.33. The third-order valence-corrected chi connectivity index (χ3v) is 2.70. The van der Waals surface area contributed by atoms with Gasteiger partial charge < -0.3 is 9.84 Å². The van der Waals surface area contributed by atoms with E-state index in [-0.39, 0.29) is 5.60 Å². The molecule has 1 aliphatic heterocycles. The van der Waals surface area contributed by atoms with Crippen molar-refractivity contribution < 1.29 is 14.6 Å². The fourth-order valence-corrected chi connectivity index (χ4v) is 2.13. The number of hydrogen-bond acceptors (Lipinski definition) is 2. The lowest BCUT2D eigenvalue weighted by Gasteiger charge is -2.16. The summed E-state index contributed by atoms with van der Waals surface area (Å²) in [6.07, 6.45) is 1.03. The maximum atomic E-state index is 9.00. The molecule has 4 heteroatoms. The first-order chi connectivity index (χ1) is 7.30. The summed E-state index contributed by atoms with van der Waals surface area (Å²) < 4.78 is 7.03. The number of rotatable bonds is 0. The van der Waals surface area contributed by atoms with Gasteiger partial charge in [-0.2, -0.15) is 0 Å². The molecule has 16 heavy (non-hydrogen) atoms. The van der Waals surface area contributed by atoms with Crippen LogP contribution in [0.4, 0.5) is 0 Å². The second-order valence-electron chi connectivity index (χ2n) is 4.31. The fraction of sp³-hybridized carbons (Fsp3) is 0.417. The van der Waals surface area contributed by atoms with Gasteiger partial charge in [0, 0.05) is 16.9 Å². The SMILES string of the molecule is CC(=O)O.CC1(C)Cc2cc(I)ccc2O1. The average Bonchev–Trinajstić information content (AvgIpc) is 2.36. The molecule has 0 aromatic heterocycles. The van der Waals surface area contributed by atoms with Crippen LogP contribution in [0.2, 0.25) is 0 Å². The minimum Gasteiger partial charge on any atom is -0.487 e. The van der Waals surface area contributed by atoms with E-state index < -0.39 is 5.97 Å². The van der Waals surface area contributed by atoms with E-state index >= 15 is 0 Å². The van der Waals surface area contributed by atoms with E-state index in [2.05, 4.69) is 54.6 Å². The lowest BCUT2D eigenvalue weighted by molar-refractivity contribution is -0.134. The van der Waals surface area contributed by atoms with Gasteiger partial charge in [0.25, 0.3) is 5.97 Å². The van der Waals surface area contributed by atoms with Crippen molar-refractivity contribution in [1.82, 2.24) is 0 Å². The molecule has 0 radical (unpaired) electrons. The Bertz CT molecular complexity index is 395. The zero-order valence-corrected chi connectivity index (χ0v) is 11.7. The Hall–Kier alpha value is -0.780. The Kier molecular flexibility index (Phi) is 4.18. The number of carboxylic acid groups (broad SMARTS) is 1. The number of halogens is 1. The summed E-state index contributed by atoms with van der Waals surface area (Å²) in [6, 6.07) is 6.34. The molecule has 0 unspecified atom stereocenters. The largest absolute Gasteiger partial charge is 0.487 e. The Balaban J connectivity index is 0.000000280. The van der Waals surface area contributed by atoms with Gasteiger partial charge in [0.2, 0.25) is 0 Å². The lowest BCUT2D eigenvalue weighted by Crippen LogP contribution is -2.24. The van der Waals surface area contributed by atoms with Crippen LogP contribution in [0.5, 0.6) is 5.75 Å². The summed E-state index contributed by atoms with van der Waals surface area (Å²) >= 11 is 2.33. The van der Waals surface area contributed by atoms with Crippen LogP contribution in [0.3, 0.4) is 0 Å². The molecule has 1 aliphatic rings. The van der Waals surface area contributed by atoms with Crippen molar-refractivity contribution in [1.29, 1.82) is 0 Å². The number of aliphatic carboxylic acids is 1. The van der Waals surface area contributed by atoms with E-state index in [4.69, 9.17) is 14.6 Å². The maximum absolute atomic E-state index is 9.00. The van der Waals surface area contributed by atoms with Gasteiger partial charge >= 0.3 is 0 Å². The molecule has 88 valence electrons. The quantitative estimate of drug-likeness (QED) is 0.742. The van der Waals surface area contributed by atoms with Gasteiger partial charge in [0.1, 0.15) is 11.4 Å². The number of benzene rings is 1. The molecule has 0 saturated heterocycles. The maximum Gasteiger partial charge on any atom is 0.300 e. The van der Waals surface area contributed by atoms with Crippen molar-refractivity contribution >= 4 is 28.6 Å².